The first kappa shape index (κ1) is 22.9. The molecule has 0 saturated heterocycles. The lowest BCUT2D eigenvalue weighted by atomic mass is 10.1. The number of halogens is 1. The van der Waals surface area contributed by atoms with Crippen LogP contribution < -0.4 is 20.5 Å². The normalized spacial score (nSPS) is 11.2. The molecule has 7 heteroatoms. The summed E-state index contributed by atoms with van der Waals surface area (Å²) in [5, 5.41) is 4.42. The Hall–Kier alpha value is -2.42. The van der Waals surface area contributed by atoms with Crippen LogP contribution in [0.4, 0.5) is 0 Å². The zero-order valence-electron chi connectivity index (χ0n) is 17.1. The molecule has 0 fully saturated rings. The highest BCUT2D eigenvalue weighted by molar-refractivity contribution is 14.0. The summed E-state index contributed by atoms with van der Waals surface area (Å²) in [6.07, 6.45) is 3.72. The number of methoxy groups -OCH3 is 2. The van der Waals surface area contributed by atoms with E-state index >= 15 is 0 Å². The lowest BCUT2D eigenvalue weighted by Crippen LogP contribution is -2.33. The topological polar surface area (TPSA) is 84.7 Å². The molecule has 156 valence electrons. The van der Waals surface area contributed by atoms with Gasteiger partial charge in [0, 0.05) is 30.2 Å². The number of aromatic amines is 1. The van der Waals surface area contributed by atoms with Crippen LogP contribution in [0.3, 0.4) is 0 Å². The number of guanidine groups is 1. The number of nitrogens with two attached hydrogens (primary N) is 1. The van der Waals surface area contributed by atoms with E-state index in [1.54, 1.807) is 14.2 Å². The number of aliphatic imine (C=N–C) groups is 1. The van der Waals surface area contributed by atoms with Crippen molar-refractivity contribution >= 4 is 40.8 Å². The molecule has 0 unspecified atom stereocenters. The largest absolute Gasteiger partial charge is 0.493 e. The highest BCUT2D eigenvalue weighted by atomic mass is 127. The third-order valence-corrected chi connectivity index (χ3v) is 4.75. The fraction of sp³-hybridized carbons (Fsp3) is 0.318. The Morgan fingerprint density at radius 3 is 2.62 bits per heavy atom. The van der Waals surface area contributed by atoms with Crippen LogP contribution in [-0.2, 0) is 12.8 Å². The van der Waals surface area contributed by atoms with Crippen LogP contribution in [0.2, 0.25) is 0 Å². The first-order chi connectivity index (χ1) is 13.6. The number of hydrogen-bond acceptors (Lipinski definition) is 3. The molecular weight excluding hydrogens is 479 g/mol. The van der Waals surface area contributed by atoms with Gasteiger partial charge < -0.3 is 25.5 Å². The lowest BCUT2D eigenvalue weighted by Gasteiger charge is -2.10. The number of rotatable bonds is 8. The summed E-state index contributed by atoms with van der Waals surface area (Å²) < 4.78 is 10.6. The second-order valence-corrected chi connectivity index (χ2v) is 6.75. The van der Waals surface area contributed by atoms with Gasteiger partial charge >= 0.3 is 0 Å². The maximum Gasteiger partial charge on any atom is 0.188 e. The van der Waals surface area contributed by atoms with Gasteiger partial charge in [-0.3, -0.25) is 4.99 Å². The van der Waals surface area contributed by atoms with E-state index in [1.807, 2.05) is 18.2 Å². The number of fused-ring (bicyclic) bond motifs is 1. The second-order valence-electron chi connectivity index (χ2n) is 6.75. The minimum absolute atomic E-state index is 0. The first-order valence-electron chi connectivity index (χ1n) is 9.42. The molecule has 0 radical (unpaired) electrons. The summed E-state index contributed by atoms with van der Waals surface area (Å²) >= 11 is 0. The summed E-state index contributed by atoms with van der Waals surface area (Å²) in [6, 6.07) is 12.4. The number of ether oxygens (including phenoxy) is 2. The smallest absolute Gasteiger partial charge is 0.188 e. The molecule has 0 atom stereocenters. The third kappa shape index (κ3) is 6.03. The predicted molar refractivity (Wildman–Crippen MR) is 130 cm³/mol. The summed E-state index contributed by atoms with van der Waals surface area (Å²) in [4.78, 5) is 7.76. The van der Waals surface area contributed by atoms with Crippen molar-refractivity contribution in [1.29, 1.82) is 0 Å². The Kier molecular flexibility index (Phi) is 8.63. The van der Waals surface area contributed by atoms with Crippen molar-refractivity contribution in [3.05, 3.63) is 59.3 Å². The minimum Gasteiger partial charge on any atom is -0.493 e. The predicted octanol–water partition coefficient (Wildman–Crippen LogP) is 3.80. The molecule has 0 saturated carbocycles. The maximum atomic E-state index is 6.00. The number of benzene rings is 2. The molecular formula is C22H29IN4O2. The van der Waals surface area contributed by atoms with E-state index in [4.69, 9.17) is 15.2 Å². The van der Waals surface area contributed by atoms with Gasteiger partial charge in [-0.1, -0.05) is 18.2 Å². The van der Waals surface area contributed by atoms with Crippen LogP contribution in [-0.4, -0.2) is 38.3 Å². The Labute approximate surface area is 188 Å². The number of nitrogens with zero attached hydrogens (tertiary/aromatic N) is 1. The van der Waals surface area contributed by atoms with Crippen molar-refractivity contribution in [2.24, 2.45) is 10.7 Å². The zero-order valence-corrected chi connectivity index (χ0v) is 19.4. The minimum atomic E-state index is 0. The van der Waals surface area contributed by atoms with Gasteiger partial charge in [0.2, 0.25) is 0 Å². The van der Waals surface area contributed by atoms with E-state index in [-0.39, 0.29) is 24.0 Å². The van der Waals surface area contributed by atoms with Crippen molar-refractivity contribution in [2.75, 3.05) is 27.3 Å². The molecule has 0 aliphatic heterocycles. The van der Waals surface area contributed by atoms with Gasteiger partial charge in [-0.25, -0.2) is 0 Å². The Bertz CT molecular complexity index is 969. The molecule has 6 nitrogen and oxygen atoms in total. The molecule has 4 N–H and O–H groups in total. The molecule has 3 rings (SSSR count). The number of H-pyrrole nitrogens is 1. The van der Waals surface area contributed by atoms with E-state index in [0.717, 1.165) is 29.9 Å². The standard InChI is InChI=1S/C22H28N4O2.HI/c1-15-4-6-18-17(14-26-19(18)12-15)9-11-25-22(23)24-10-8-16-5-7-20(27-2)21(13-16)28-3;/h4-7,12-14,26H,8-11H2,1-3H3,(H3,23,24,25);1H. The maximum absolute atomic E-state index is 6.00. The summed E-state index contributed by atoms with van der Waals surface area (Å²) in [5.41, 5.74) is 10.8. The number of aromatic nitrogens is 1. The molecule has 0 bridgehead atoms. The number of hydrogen-bond donors (Lipinski definition) is 3. The van der Waals surface area contributed by atoms with Gasteiger partial charge in [0.15, 0.2) is 17.5 Å². The van der Waals surface area contributed by atoms with Gasteiger partial charge in [-0.2, -0.15) is 0 Å². The van der Waals surface area contributed by atoms with E-state index in [2.05, 4.69) is 46.6 Å². The summed E-state index contributed by atoms with van der Waals surface area (Å²) in [7, 11) is 3.27. The Morgan fingerprint density at radius 2 is 1.86 bits per heavy atom. The first-order valence-corrected chi connectivity index (χ1v) is 9.42. The lowest BCUT2D eigenvalue weighted by molar-refractivity contribution is 0.354. The van der Waals surface area contributed by atoms with Crippen molar-refractivity contribution in [3.63, 3.8) is 0 Å². The van der Waals surface area contributed by atoms with E-state index in [0.29, 0.717) is 19.0 Å². The molecule has 0 aliphatic carbocycles. The van der Waals surface area contributed by atoms with E-state index < -0.39 is 0 Å². The van der Waals surface area contributed by atoms with Crippen molar-refractivity contribution < 1.29 is 9.47 Å². The Balaban J connectivity index is 0.00000300. The highest BCUT2D eigenvalue weighted by Gasteiger charge is 2.05. The Morgan fingerprint density at radius 1 is 1.07 bits per heavy atom. The van der Waals surface area contributed by atoms with Crippen molar-refractivity contribution in [2.45, 2.75) is 19.8 Å². The van der Waals surface area contributed by atoms with E-state index in [1.165, 1.54) is 22.0 Å². The molecule has 2 aromatic carbocycles. The summed E-state index contributed by atoms with van der Waals surface area (Å²) in [6.45, 7) is 3.45. The van der Waals surface area contributed by atoms with Gasteiger partial charge in [-0.05, 0) is 54.7 Å². The molecule has 1 heterocycles. The molecule has 3 aromatic rings. The van der Waals surface area contributed by atoms with Crippen LogP contribution in [0.1, 0.15) is 16.7 Å². The van der Waals surface area contributed by atoms with Crippen LogP contribution in [0.5, 0.6) is 11.5 Å². The fourth-order valence-electron chi connectivity index (χ4n) is 3.23. The fourth-order valence-corrected chi connectivity index (χ4v) is 3.23. The number of aryl methyl sites for hydroxylation is 1. The summed E-state index contributed by atoms with van der Waals surface area (Å²) in [5.74, 6) is 1.93. The molecule has 29 heavy (non-hydrogen) atoms. The highest BCUT2D eigenvalue weighted by Crippen LogP contribution is 2.27. The molecule has 1 aromatic heterocycles. The monoisotopic (exact) mass is 508 g/mol. The van der Waals surface area contributed by atoms with Gasteiger partial charge in [0.05, 0.1) is 14.2 Å². The zero-order chi connectivity index (χ0) is 19.9. The third-order valence-electron chi connectivity index (χ3n) is 4.75. The van der Waals surface area contributed by atoms with Crippen LogP contribution in [0.15, 0.2) is 47.6 Å². The average Bonchev–Trinajstić information content (AvgIpc) is 3.09. The molecule has 0 aliphatic rings. The van der Waals surface area contributed by atoms with Crippen LogP contribution in [0.25, 0.3) is 10.9 Å². The average molecular weight is 508 g/mol. The van der Waals surface area contributed by atoms with Gasteiger partial charge in [-0.15, -0.1) is 24.0 Å². The molecule has 0 amide bonds. The van der Waals surface area contributed by atoms with E-state index in [9.17, 15) is 0 Å². The van der Waals surface area contributed by atoms with Gasteiger partial charge in [0.1, 0.15) is 0 Å². The van der Waals surface area contributed by atoms with Crippen LogP contribution >= 0.6 is 24.0 Å². The SMILES string of the molecule is COc1ccc(CCNC(N)=NCCc2c[nH]c3cc(C)ccc23)cc1OC.I. The van der Waals surface area contributed by atoms with Crippen LogP contribution in [0, 0.1) is 6.92 Å². The molecule has 0 spiro atoms. The van der Waals surface area contributed by atoms with Gasteiger partial charge in [0.25, 0.3) is 0 Å². The van der Waals surface area contributed by atoms with Crippen molar-refractivity contribution in [3.8, 4) is 11.5 Å². The quantitative estimate of drug-likeness (QED) is 0.246. The van der Waals surface area contributed by atoms with Crippen molar-refractivity contribution in [1.82, 2.24) is 10.3 Å². The number of nitrogens with one attached hydrogen (secondary N) is 2. The second kappa shape index (κ2) is 10.9.